The molecule has 98 valence electrons. The first-order chi connectivity index (χ1) is 9.74. The summed E-state index contributed by atoms with van der Waals surface area (Å²) in [6.45, 7) is 0. The summed E-state index contributed by atoms with van der Waals surface area (Å²) in [4.78, 5) is 8.59. The Kier molecular flexibility index (Phi) is 2.19. The van der Waals surface area contributed by atoms with Crippen molar-refractivity contribution in [3.8, 4) is 11.3 Å². The minimum absolute atomic E-state index is 0.226. The highest BCUT2D eigenvalue weighted by molar-refractivity contribution is 6.35. The largest absolute Gasteiger partial charge is 0.379 e. The van der Waals surface area contributed by atoms with Crippen LogP contribution in [0.25, 0.3) is 33.4 Å². The standard InChI is InChI=1S/C12H7ClN6O/c13-7-2-1-5(6-3-16-18-9(6)7)8-4-15-10-11(14)19-20-12(10)17-8/h1-4H,(H2,14,19)(H,16,18). The molecule has 4 aromatic rings. The number of aromatic amines is 1. The number of anilines is 1. The van der Waals surface area contributed by atoms with Crippen LogP contribution in [0.15, 0.2) is 29.0 Å². The van der Waals surface area contributed by atoms with Gasteiger partial charge in [-0.2, -0.15) is 5.10 Å². The van der Waals surface area contributed by atoms with Gasteiger partial charge in [0.15, 0.2) is 11.3 Å². The van der Waals surface area contributed by atoms with Crippen LogP contribution in [0.1, 0.15) is 0 Å². The van der Waals surface area contributed by atoms with Gasteiger partial charge in [-0.1, -0.05) is 22.8 Å². The molecule has 0 aliphatic rings. The number of nitrogens with one attached hydrogen (secondary N) is 1. The molecule has 0 fully saturated rings. The van der Waals surface area contributed by atoms with Crippen molar-refractivity contribution in [2.24, 2.45) is 0 Å². The van der Waals surface area contributed by atoms with Crippen LogP contribution in [0.4, 0.5) is 5.82 Å². The lowest BCUT2D eigenvalue weighted by Crippen LogP contribution is -1.90. The second-order valence-corrected chi connectivity index (χ2v) is 4.64. The maximum Gasteiger partial charge on any atom is 0.279 e. The topological polar surface area (TPSA) is 107 Å². The summed E-state index contributed by atoms with van der Waals surface area (Å²) in [6.07, 6.45) is 3.31. The van der Waals surface area contributed by atoms with E-state index in [-0.39, 0.29) is 5.82 Å². The molecule has 0 saturated heterocycles. The number of H-pyrrole nitrogens is 1. The Labute approximate surface area is 116 Å². The monoisotopic (exact) mass is 286 g/mol. The molecule has 0 spiro atoms. The molecule has 7 nitrogen and oxygen atoms in total. The van der Waals surface area contributed by atoms with Crippen LogP contribution in [0.3, 0.4) is 0 Å². The smallest absolute Gasteiger partial charge is 0.279 e. The third kappa shape index (κ3) is 1.47. The van der Waals surface area contributed by atoms with Crippen LogP contribution in [0.5, 0.6) is 0 Å². The second-order valence-electron chi connectivity index (χ2n) is 4.23. The van der Waals surface area contributed by atoms with Crippen LogP contribution in [-0.2, 0) is 0 Å². The number of halogens is 1. The van der Waals surface area contributed by atoms with Crippen molar-refractivity contribution in [2.45, 2.75) is 0 Å². The number of hydrogen-bond donors (Lipinski definition) is 2. The molecule has 3 aromatic heterocycles. The summed E-state index contributed by atoms with van der Waals surface area (Å²) < 4.78 is 5.03. The molecule has 0 radical (unpaired) electrons. The van der Waals surface area contributed by atoms with Gasteiger partial charge < -0.3 is 10.3 Å². The number of aromatic nitrogens is 5. The molecule has 3 N–H and O–H groups in total. The number of hydrogen-bond acceptors (Lipinski definition) is 6. The number of nitrogens with zero attached hydrogens (tertiary/aromatic N) is 4. The molecule has 20 heavy (non-hydrogen) atoms. The predicted octanol–water partition coefficient (Wildman–Crippen LogP) is 2.40. The molecule has 0 aliphatic heterocycles. The quantitative estimate of drug-likeness (QED) is 0.556. The minimum atomic E-state index is 0.226. The number of nitrogen functional groups attached to an aromatic ring is 1. The Morgan fingerprint density at radius 3 is 3.05 bits per heavy atom. The Bertz CT molecular complexity index is 944. The molecule has 3 heterocycles. The molecule has 0 amide bonds. The van der Waals surface area contributed by atoms with E-state index in [1.165, 1.54) is 0 Å². The molecule has 4 rings (SSSR count). The van der Waals surface area contributed by atoms with E-state index in [9.17, 15) is 0 Å². The van der Waals surface area contributed by atoms with Crippen molar-refractivity contribution >= 4 is 39.6 Å². The highest BCUT2D eigenvalue weighted by atomic mass is 35.5. The van der Waals surface area contributed by atoms with Crippen molar-refractivity contribution in [3.05, 3.63) is 29.5 Å². The van der Waals surface area contributed by atoms with E-state index >= 15 is 0 Å². The van der Waals surface area contributed by atoms with E-state index in [0.29, 0.717) is 21.9 Å². The molecule has 0 aliphatic carbocycles. The van der Waals surface area contributed by atoms with Crippen molar-refractivity contribution < 1.29 is 4.52 Å². The maximum atomic E-state index is 6.10. The van der Waals surface area contributed by atoms with E-state index in [4.69, 9.17) is 21.9 Å². The van der Waals surface area contributed by atoms with Gasteiger partial charge in [0.05, 0.1) is 28.6 Å². The predicted molar refractivity (Wildman–Crippen MR) is 74.1 cm³/mol. The van der Waals surface area contributed by atoms with Crippen molar-refractivity contribution in [3.63, 3.8) is 0 Å². The van der Waals surface area contributed by atoms with Crippen LogP contribution < -0.4 is 5.73 Å². The fourth-order valence-corrected chi connectivity index (χ4v) is 2.31. The first kappa shape index (κ1) is 11.2. The lowest BCUT2D eigenvalue weighted by molar-refractivity contribution is 0.452. The average molecular weight is 287 g/mol. The molecule has 0 saturated carbocycles. The summed E-state index contributed by atoms with van der Waals surface area (Å²) in [5.41, 5.74) is 8.61. The molecule has 0 unspecified atom stereocenters. The summed E-state index contributed by atoms with van der Waals surface area (Å²) in [5, 5.41) is 11.9. The lowest BCUT2D eigenvalue weighted by atomic mass is 10.1. The molecular formula is C12H7ClN6O. The number of rotatable bonds is 1. The van der Waals surface area contributed by atoms with Crippen molar-refractivity contribution in [2.75, 3.05) is 5.73 Å². The van der Waals surface area contributed by atoms with Crippen molar-refractivity contribution in [1.29, 1.82) is 0 Å². The van der Waals surface area contributed by atoms with Gasteiger partial charge >= 0.3 is 0 Å². The Morgan fingerprint density at radius 2 is 2.15 bits per heavy atom. The van der Waals surface area contributed by atoms with E-state index in [1.807, 2.05) is 6.07 Å². The highest BCUT2D eigenvalue weighted by Gasteiger charge is 2.13. The third-order valence-electron chi connectivity index (χ3n) is 3.05. The zero-order valence-corrected chi connectivity index (χ0v) is 10.7. The number of benzene rings is 1. The van der Waals surface area contributed by atoms with Gasteiger partial charge in [0.1, 0.15) is 0 Å². The fourth-order valence-electron chi connectivity index (χ4n) is 2.10. The van der Waals surface area contributed by atoms with Gasteiger partial charge in [-0.15, -0.1) is 0 Å². The molecule has 0 atom stereocenters. The SMILES string of the molecule is Nc1noc2nc(-c3ccc(Cl)c4[nH]ncc34)cnc12. The summed E-state index contributed by atoms with van der Waals surface area (Å²) in [6, 6.07) is 3.63. The van der Waals surface area contributed by atoms with Gasteiger partial charge in [0, 0.05) is 10.9 Å². The van der Waals surface area contributed by atoms with Gasteiger partial charge in [-0.25, -0.2) is 9.97 Å². The molecule has 8 heteroatoms. The first-order valence-electron chi connectivity index (χ1n) is 5.74. The van der Waals surface area contributed by atoms with Gasteiger partial charge in [-0.3, -0.25) is 5.10 Å². The van der Waals surface area contributed by atoms with Crippen LogP contribution in [0, 0.1) is 0 Å². The first-order valence-corrected chi connectivity index (χ1v) is 6.11. The van der Waals surface area contributed by atoms with Gasteiger partial charge in [0.2, 0.25) is 0 Å². The fraction of sp³-hybridized carbons (Fsp3) is 0. The van der Waals surface area contributed by atoms with E-state index in [2.05, 4.69) is 25.3 Å². The Hall–Kier alpha value is -2.67. The molecule has 0 bridgehead atoms. The summed E-state index contributed by atoms with van der Waals surface area (Å²) >= 11 is 6.10. The van der Waals surface area contributed by atoms with E-state index in [0.717, 1.165) is 16.5 Å². The summed E-state index contributed by atoms with van der Waals surface area (Å²) in [5.74, 6) is 0.226. The Balaban J connectivity index is 2.01. The summed E-state index contributed by atoms with van der Waals surface area (Å²) in [7, 11) is 0. The maximum absolute atomic E-state index is 6.10. The lowest BCUT2D eigenvalue weighted by Gasteiger charge is -2.02. The zero-order chi connectivity index (χ0) is 13.7. The minimum Gasteiger partial charge on any atom is -0.379 e. The Morgan fingerprint density at radius 1 is 1.25 bits per heavy atom. The van der Waals surface area contributed by atoms with Crippen LogP contribution >= 0.6 is 11.6 Å². The third-order valence-corrected chi connectivity index (χ3v) is 3.37. The zero-order valence-electron chi connectivity index (χ0n) is 9.96. The number of fused-ring (bicyclic) bond motifs is 2. The number of nitrogens with two attached hydrogens (primary N) is 1. The molecular weight excluding hydrogens is 280 g/mol. The average Bonchev–Trinajstić information content (AvgIpc) is 3.07. The van der Waals surface area contributed by atoms with Gasteiger partial charge in [-0.05, 0) is 6.07 Å². The second kappa shape index (κ2) is 3.91. The van der Waals surface area contributed by atoms with Crippen LogP contribution in [0.2, 0.25) is 5.02 Å². The van der Waals surface area contributed by atoms with Crippen molar-refractivity contribution in [1.82, 2.24) is 25.3 Å². The normalized spacial score (nSPS) is 11.4. The van der Waals surface area contributed by atoms with Gasteiger partial charge in [0.25, 0.3) is 5.71 Å². The molecule has 1 aromatic carbocycles. The van der Waals surface area contributed by atoms with E-state index < -0.39 is 0 Å². The van der Waals surface area contributed by atoms with E-state index in [1.54, 1.807) is 18.5 Å². The van der Waals surface area contributed by atoms with Crippen LogP contribution in [-0.4, -0.2) is 25.3 Å². The highest BCUT2D eigenvalue weighted by Crippen LogP contribution is 2.31.